The van der Waals surface area contributed by atoms with Crippen molar-refractivity contribution in [2.45, 2.75) is 20.8 Å². The van der Waals surface area contributed by atoms with E-state index in [4.69, 9.17) is 10.9 Å². The van der Waals surface area contributed by atoms with E-state index in [9.17, 15) is 0 Å². The SMILES string of the molecule is CCN(CC(C)C)c1cccc(Br)c1/C(N)=N/O. The normalized spacial score (nSPS) is 11.9. The van der Waals surface area contributed by atoms with Gasteiger partial charge in [-0.3, -0.25) is 0 Å². The molecule has 0 saturated heterocycles. The molecule has 0 aromatic heterocycles. The van der Waals surface area contributed by atoms with Crippen molar-refractivity contribution in [3.8, 4) is 0 Å². The number of halogens is 1. The Bertz CT molecular complexity index is 432. The third kappa shape index (κ3) is 3.38. The van der Waals surface area contributed by atoms with Crippen LogP contribution in [0.25, 0.3) is 0 Å². The minimum atomic E-state index is 0.125. The molecule has 1 aromatic rings. The minimum absolute atomic E-state index is 0.125. The first-order valence-corrected chi connectivity index (χ1v) is 6.81. The van der Waals surface area contributed by atoms with Gasteiger partial charge in [-0.2, -0.15) is 0 Å². The first-order chi connectivity index (χ1) is 8.51. The molecule has 1 aromatic carbocycles. The zero-order valence-electron chi connectivity index (χ0n) is 11.0. The number of amidine groups is 1. The summed E-state index contributed by atoms with van der Waals surface area (Å²) in [5.41, 5.74) is 7.48. The summed E-state index contributed by atoms with van der Waals surface area (Å²) in [4.78, 5) is 2.22. The average molecular weight is 314 g/mol. The monoisotopic (exact) mass is 313 g/mol. The summed E-state index contributed by atoms with van der Waals surface area (Å²) in [5, 5.41) is 12.0. The molecule has 0 bridgehead atoms. The molecule has 1 rings (SSSR count). The summed E-state index contributed by atoms with van der Waals surface area (Å²) < 4.78 is 0.831. The van der Waals surface area contributed by atoms with Crippen LogP contribution in [-0.4, -0.2) is 24.1 Å². The molecule has 0 heterocycles. The smallest absolute Gasteiger partial charge is 0.173 e. The van der Waals surface area contributed by atoms with Gasteiger partial charge < -0.3 is 15.8 Å². The topological polar surface area (TPSA) is 61.8 Å². The van der Waals surface area contributed by atoms with E-state index < -0.39 is 0 Å². The van der Waals surface area contributed by atoms with E-state index in [1.165, 1.54) is 0 Å². The number of oxime groups is 1. The Hall–Kier alpha value is -1.23. The molecule has 5 heteroatoms. The molecule has 0 amide bonds. The van der Waals surface area contributed by atoms with E-state index in [2.05, 4.69) is 46.8 Å². The third-order valence-corrected chi connectivity index (χ3v) is 3.32. The van der Waals surface area contributed by atoms with Crippen molar-refractivity contribution in [3.63, 3.8) is 0 Å². The van der Waals surface area contributed by atoms with Crippen molar-refractivity contribution in [2.75, 3.05) is 18.0 Å². The quantitative estimate of drug-likeness (QED) is 0.380. The highest BCUT2D eigenvalue weighted by molar-refractivity contribution is 9.10. The summed E-state index contributed by atoms with van der Waals surface area (Å²) in [6.07, 6.45) is 0. The lowest BCUT2D eigenvalue weighted by Crippen LogP contribution is -2.30. The highest BCUT2D eigenvalue weighted by atomic mass is 79.9. The third-order valence-electron chi connectivity index (χ3n) is 2.66. The number of rotatable bonds is 5. The maximum absolute atomic E-state index is 8.90. The minimum Gasteiger partial charge on any atom is -0.409 e. The van der Waals surface area contributed by atoms with Crippen LogP contribution in [0.5, 0.6) is 0 Å². The Morgan fingerprint density at radius 3 is 2.67 bits per heavy atom. The number of hydrogen-bond donors (Lipinski definition) is 2. The fourth-order valence-electron chi connectivity index (χ4n) is 1.92. The Morgan fingerprint density at radius 2 is 2.17 bits per heavy atom. The predicted molar refractivity (Wildman–Crippen MR) is 79.4 cm³/mol. The van der Waals surface area contributed by atoms with E-state index in [1.807, 2.05) is 18.2 Å². The summed E-state index contributed by atoms with van der Waals surface area (Å²) in [7, 11) is 0. The van der Waals surface area contributed by atoms with E-state index in [0.29, 0.717) is 5.92 Å². The highest BCUT2D eigenvalue weighted by Crippen LogP contribution is 2.28. The molecule has 18 heavy (non-hydrogen) atoms. The first-order valence-electron chi connectivity index (χ1n) is 6.02. The lowest BCUT2D eigenvalue weighted by Gasteiger charge is -2.27. The van der Waals surface area contributed by atoms with Crippen LogP contribution in [0, 0.1) is 5.92 Å². The van der Waals surface area contributed by atoms with Gasteiger partial charge in [-0.25, -0.2) is 0 Å². The molecule has 100 valence electrons. The zero-order chi connectivity index (χ0) is 13.7. The van der Waals surface area contributed by atoms with Crippen molar-refractivity contribution in [1.82, 2.24) is 0 Å². The second-order valence-electron chi connectivity index (χ2n) is 4.55. The Labute approximate surface area is 117 Å². The van der Waals surface area contributed by atoms with E-state index >= 15 is 0 Å². The standard InChI is InChI=1S/C13H20BrN3O/c1-4-17(8-9(2)3)11-7-5-6-10(14)12(11)13(15)16-18/h5-7,9,18H,4,8H2,1-3H3,(H2,15,16). The summed E-state index contributed by atoms with van der Waals surface area (Å²) in [5.74, 6) is 0.670. The highest BCUT2D eigenvalue weighted by Gasteiger charge is 2.16. The van der Waals surface area contributed by atoms with Gasteiger partial charge in [-0.05, 0) is 40.9 Å². The number of benzene rings is 1. The van der Waals surface area contributed by atoms with Crippen LogP contribution < -0.4 is 10.6 Å². The van der Waals surface area contributed by atoms with Gasteiger partial charge in [0.2, 0.25) is 0 Å². The maximum atomic E-state index is 8.90. The molecular weight excluding hydrogens is 294 g/mol. The molecule has 0 atom stereocenters. The Morgan fingerprint density at radius 1 is 1.50 bits per heavy atom. The van der Waals surface area contributed by atoms with Gasteiger partial charge in [-0.1, -0.05) is 25.1 Å². The largest absolute Gasteiger partial charge is 0.409 e. The van der Waals surface area contributed by atoms with Crippen LogP contribution in [0.1, 0.15) is 26.3 Å². The molecule has 0 radical (unpaired) electrons. The summed E-state index contributed by atoms with van der Waals surface area (Å²) in [6.45, 7) is 8.24. The average Bonchev–Trinajstić information content (AvgIpc) is 2.34. The number of hydrogen-bond acceptors (Lipinski definition) is 3. The molecule has 0 saturated carbocycles. The fraction of sp³-hybridized carbons (Fsp3) is 0.462. The molecular formula is C13H20BrN3O. The van der Waals surface area contributed by atoms with Crippen LogP contribution in [0.3, 0.4) is 0 Å². The van der Waals surface area contributed by atoms with Gasteiger partial charge in [0.25, 0.3) is 0 Å². The van der Waals surface area contributed by atoms with Crippen LogP contribution in [0.2, 0.25) is 0 Å². The molecule has 4 nitrogen and oxygen atoms in total. The van der Waals surface area contributed by atoms with Crippen molar-refractivity contribution in [3.05, 3.63) is 28.2 Å². The second kappa shape index (κ2) is 6.64. The number of anilines is 1. The van der Waals surface area contributed by atoms with Gasteiger partial charge in [-0.15, -0.1) is 0 Å². The van der Waals surface area contributed by atoms with Gasteiger partial charge in [0.15, 0.2) is 5.84 Å². The lowest BCUT2D eigenvalue weighted by atomic mass is 10.1. The molecule has 0 fully saturated rings. The molecule has 0 aliphatic heterocycles. The Kier molecular flexibility index (Phi) is 5.47. The lowest BCUT2D eigenvalue weighted by molar-refractivity contribution is 0.318. The van der Waals surface area contributed by atoms with E-state index in [0.717, 1.165) is 28.8 Å². The van der Waals surface area contributed by atoms with Gasteiger partial charge >= 0.3 is 0 Å². The van der Waals surface area contributed by atoms with E-state index in [1.54, 1.807) is 0 Å². The molecule has 0 aliphatic rings. The second-order valence-corrected chi connectivity index (χ2v) is 5.41. The number of nitrogens with zero attached hydrogens (tertiary/aromatic N) is 2. The first kappa shape index (κ1) is 14.8. The van der Waals surface area contributed by atoms with Gasteiger partial charge in [0.1, 0.15) is 0 Å². The molecule has 0 unspecified atom stereocenters. The van der Waals surface area contributed by atoms with Crippen LogP contribution in [0.15, 0.2) is 27.8 Å². The van der Waals surface area contributed by atoms with Crippen molar-refractivity contribution in [2.24, 2.45) is 16.8 Å². The molecule has 0 spiro atoms. The van der Waals surface area contributed by atoms with Crippen LogP contribution >= 0.6 is 15.9 Å². The van der Waals surface area contributed by atoms with Crippen LogP contribution in [0.4, 0.5) is 5.69 Å². The predicted octanol–water partition coefficient (Wildman–Crippen LogP) is 3.03. The van der Waals surface area contributed by atoms with Gasteiger partial charge in [0, 0.05) is 23.2 Å². The Balaban J connectivity index is 3.25. The van der Waals surface area contributed by atoms with Crippen molar-refractivity contribution < 1.29 is 5.21 Å². The molecule has 3 N–H and O–H groups in total. The molecule has 0 aliphatic carbocycles. The fourth-order valence-corrected chi connectivity index (χ4v) is 2.48. The van der Waals surface area contributed by atoms with Crippen molar-refractivity contribution >= 4 is 27.5 Å². The maximum Gasteiger partial charge on any atom is 0.173 e. The van der Waals surface area contributed by atoms with Crippen LogP contribution in [-0.2, 0) is 0 Å². The summed E-state index contributed by atoms with van der Waals surface area (Å²) >= 11 is 3.45. The van der Waals surface area contributed by atoms with Crippen molar-refractivity contribution in [1.29, 1.82) is 0 Å². The van der Waals surface area contributed by atoms with Gasteiger partial charge in [0.05, 0.1) is 5.56 Å². The summed E-state index contributed by atoms with van der Waals surface area (Å²) in [6, 6.07) is 5.83. The zero-order valence-corrected chi connectivity index (χ0v) is 12.6. The number of nitrogens with two attached hydrogens (primary N) is 1. The van der Waals surface area contributed by atoms with E-state index in [-0.39, 0.29) is 5.84 Å².